The van der Waals surface area contributed by atoms with E-state index in [0.29, 0.717) is 5.02 Å². The Morgan fingerprint density at radius 3 is 2.91 bits per heavy atom. The molecule has 0 amide bonds. The predicted molar refractivity (Wildman–Crippen MR) is 43.2 cm³/mol. The molecule has 1 aromatic heterocycles. The molecule has 0 N–H and O–H groups in total. The number of aryl methyl sites for hydroxylation is 1. The van der Waals surface area contributed by atoms with Gasteiger partial charge in [-0.3, -0.25) is 0 Å². The predicted octanol–water partition coefficient (Wildman–Crippen LogP) is 2.83. The standard InChI is InChI=1S/C8H9ClFN/c1-2-3-6-5-11-8(10)4-7(6)9/h4-5H,2-3H2,1H3. The molecule has 1 heterocycles. The van der Waals surface area contributed by atoms with E-state index in [1.54, 1.807) is 0 Å². The minimum absolute atomic E-state index is 0.472. The molecule has 0 spiro atoms. The molecule has 0 aliphatic rings. The summed E-state index contributed by atoms with van der Waals surface area (Å²) in [6.45, 7) is 2.04. The van der Waals surface area contributed by atoms with Crippen molar-refractivity contribution in [2.75, 3.05) is 0 Å². The van der Waals surface area contributed by atoms with Gasteiger partial charge >= 0.3 is 0 Å². The summed E-state index contributed by atoms with van der Waals surface area (Å²) in [5.74, 6) is -0.519. The van der Waals surface area contributed by atoms with Crippen LogP contribution in [0.15, 0.2) is 12.3 Å². The van der Waals surface area contributed by atoms with Crippen LogP contribution >= 0.6 is 11.6 Å². The van der Waals surface area contributed by atoms with Gasteiger partial charge in [-0.25, -0.2) is 4.98 Å². The first-order chi connectivity index (χ1) is 5.24. The zero-order valence-corrected chi connectivity index (χ0v) is 7.03. The monoisotopic (exact) mass is 173 g/mol. The summed E-state index contributed by atoms with van der Waals surface area (Å²) < 4.78 is 12.4. The van der Waals surface area contributed by atoms with Gasteiger partial charge in [-0.2, -0.15) is 4.39 Å². The minimum atomic E-state index is -0.519. The molecule has 1 aromatic rings. The van der Waals surface area contributed by atoms with Crippen molar-refractivity contribution >= 4 is 11.6 Å². The molecule has 0 aliphatic carbocycles. The number of aromatic nitrogens is 1. The average Bonchev–Trinajstić information content (AvgIpc) is 1.95. The van der Waals surface area contributed by atoms with Crippen LogP contribution in [0.25, 0.3) is 0 Å². The van der Waals surface area contributed by atoms with E-state index >= 15 is 0 Å². The van der Waals surface area contributed by atoms with E-state index in [2.05, 4.69) is 4.98 Å². The number of pyridine rings is 1. The smallest absolute Gasteiger partial charge is 0.214 e. The summed E-state index contributed by atoms with van der Waals surface area (Å²) >= 11 is 5.73. The van der Waals surface area contributed by atoms with E-state index in [9.17, 15) is 4.39 Å². The summed E-state index contributed by atoms with van der Waals surface area (Å²) in [4.78, 5) is 3.51. The van der Waals surface area contributed by atoms with Crippen LogP contribution < -0.4 is 0 Å². The third-order valence-corrected chi connectivity index (χ3v) is 1.77. The highest BCUT2D eigenvalue weighted by molar-refractivity contribution is 6.31. The molecule has 0 saturated heterocycles. The first-order valence-corrected chi connectivity index (χ1v) is 3.91. The van der Waals surface area contributed by atoms with Gasteiger partial charge in [0.25, 0.3) is 0 Å². The van der Waals surface area contributed by atoms with Crippen LogP contribution in [0.4, 0.5) is 4.39 Å². The van der Waals surface area contributed by atoms with Crippen LogP contribution in [-0.4, -0.2) is 4.98 Å². The summed E-state index contributed by atoms with van der Waals surface area (Å²) in [6, 6.07) is 1.24. The zero-order valence-electron chi connectivity index (χ0n) is 6.27. The van der Waals surface area contributed by atoms with Gasteiger partial charge in [-0.15, -0.1) is 0 Å². The normalized spacial score (nSPS) is 10.1. The number of hydrogen-bond acceptors (Lipinski definition) is 1. The average molecular weight is 174 g/mol. The number of halogens is 2. The van der Waals surface area contributed by atoms with Crippen LogP contribution in [0.5, 0.6) is 0 Å². The fraction of sp³-hybridized carbons (Fsp3) is 0.375. The second kappa shape index (κ2) is 3.67. The lowest BCUT2D eigenvalue weighted by Crippen LogP contribution is -1.89. The quantitative estimate of drug-likeness (QED) is 0.627. The Morgan fingerprint density at radius 2 is 2.36 bits per heavy atom. The molecule has 1 rings (SSSR count). The van der Waals surface area contributed by atoms with Crippen molar-refractivity contribution in [2.45, 2.75) is 19.8 Å². The highest BCUT2D eigenvalue weighted by atomic mass is 35.5. The van der Waals surface area contributed by atoms with Crippen molar-refractivity contribution in [3.05, 3.63) is 28.8 Å². The second-order valence-electron chi connectivity index (χ2n) is 2.35. The molecule has 0 saturated carbocycles. The van der Waals surface area contributed by atoms with E-state index in [-0.39, 0.29) is 0 Å². The lowest BCUT2D eigenvalue weighted by molar-refractivity contribution is 0.582. The Balaban J connectivity index is 2.90. The van der Waals surface area contributed by atoms with E-state index in [1.165, 1.54) is 12.3 Å². The van der Waals surface area contributed by atoms with E-state index < -0.39 is 5.95 Å². The fourth-order valence-corrected chi connectivity index (χ4v) is 1.12. The molecule has 0 aromatic carbocycles. The summed E-state index contributed by atoms with van der Waals surface area (Å²) in [7, 11) is 0. The Bertz CT molecular complexity index is 250. The van der Waals surface area contributed by atoms with E-state index in [0.717, 1.165) is 18.4 Å². The maximum atomic E-state index is 12.4. The van der Waals surface area contributed by atoms with Crippen LogP contribution in [0.2, 0.25) is 5.02 Å². The van der Waals surface area contributed by atoms with Gasteiger partial charge in [0.1, 0.15) is 0 Å². The Labute approximate surface area is 70.2 Å². The first kappa shape index (κ1) is 8.47. The molecular weight excluding hydrogens is 165 g/mol. The molecule has 0 radical (unpaired) electrons. The van der Waals surface area contributed by atoms with Gasteiger partial charge in [0.05, 0.1) is 0 Å². The summed E-state index contributed by atoms with van der Waals surface area (Å²) in [5, 5.41) is 0.472. The van der Waals surface area contributed by atoms with E-state index in [1.807, 2.05) is 6.92 Å². The molecule has 3 heteroatoms. The van der Waals surface area contributed by atoms with Crippen molar-refractivity contribution in [3.8, 4) is 0 Å². The first-order valence-electron chi connectivity index (χ1n) is 3.54. The third kappa shape index (κ3) is 2.15. The maximum absolute atomic E-state index is 12.4. The van der Waals surface area contributed by atoms with Crippen molar-refractivity contribution in [1.82, 2.24) is 4.98 Å². The zero-order chi connectivity index (χ0) is 8.27. The lowest BCUT2D eigenvalue weighted by atomic mass is 10.2. The van der Waals surface area contributed by atoms with Crippen molar-refractivity contribution in [3.63, 3.8) is 0 Å². The largest absolute Gasteiger partial charge is 0.228 e. The Kier molecular flexibility index (Phi) is 2.83. The van der Waals surface area contributed by atoms with Gasteiger partial charge in [-0.05, 0) is 12.0 Å². The van der Waals surface area contributed by atoms with Gasteiger partial charge in [0.15, 0.2) is 0 Å². The molecule has 0 atom stereocenters. The topological polar surface area (TPSA) is 12.9 Å². The number of nitrogens with zero attached hydrogens (tertiary/aromatic N) is 1. The molecule has 1 nitrogen and oxygen atoms in total. The molecule has 0 aliphatic heterocycles. The third-order valence-electron chi connectivity index (χ3n) is 1.42. The second-order valence-corrected chi connectivity index (χ2v) is 2.76. The van der Waals surface area contributed by atoms with E-state index in [4.69, 9.17) is 11.6 Å². The molecule has 0 bridgehead atoms. The number of hydrogen-bond donors (Lipinski definition) is 0. The van der Waals surface area contributed by atoms with Crippen LogP contribution in [0, 0.1) is 5.95 Å². The Morgan fingerprint density at radius 1 is 1.64 bits per heavy atom. The molecule has 0 unspecified atom stereocenters. The SMILES string of the molecule is CCCc1cnc(F)cc1Cl. The van der Waals surface area contributed by atoms with Gasteiger partial charge in [0, 0.05) is 17.3 Å². The summed E-state index contributed by atoms with van der Waals surface area (Å²) in [5.41, 5.74) is 0.913. The highest BCUT2D eigenvalue weighted by Crippen LogP contribution is 2.16. The van der Waals surface area contributed by atoms with Crippen molar-refractivity contribution in [1.29, 1.82) is 0 Å². The maximum Gasteiger partial charge on any atom is 0.214 e. The fourth-order valence-electron chi connectivity index (χ4n) is 0.889. The Hall–Kier alpha value is -0.630. The van der Waals surface area contributed by atoms with Crippen molar-refractivity contribution in [2.24, 2.45) is 0 Å². The lowest BCUT2D eigenvalue weighted by Gasteiger charge is -1.99. The van der Waals surface area contributed by atoms with Crippen LogP contribution in [-0.2, 0) is 6.42 Å². The highest BCUT2D eigenvalue weighted by Gasteiger charge is 2.00. The van der Waals surface area contributed by atoms with Gasteiger partial charge < -0.3 is 0 Å². The summed E-state index contributed by atoms with van der Waals surface area (Å²) in [6.07, 6.45) is 3.33. The van der Waals surface area contributed by atoms with Gasteiger partial charge in [-0.1, -0.05) is 24.9 Å². The van der Waals surface area contributed by atoms with Crippen LogP contribution in [0.1, 0.15) is 18.9 Å². The molecule has 11 heavy (non-hydrogen) atoms. The molecule has 60 valence electrons. The van der Waals surface area contributed by atoms with Crippen LogP contribution in [0.3, 0.4) is 0 Å². The number of rotatable bonds is 2. The van der Waals surface area contributed by atoms with Gasteiger partial charge in [0.2, 0.25) is 5.95 Å². The molecule has 0 fully saturated rings. The van der Waals surface area contributed by atoms with Crippen molar-refractivity contribution < 1.29 is 4.39 Å². The minimum Gasteiger partial charge on any atom is -0.228 e. The molecular formula is C8H9ClFN.